The Kier molecular flexibility index (Phi) is 61.4. The van der Waals surface area contributed by atoms with Crippen molar-refractivity contribution in [3.05, 3.63) is 0 Å². The van der Waals surface area contributed by atoms with E-state index >= 15 is 0 Å². The molecule has 109 heavy (non-hydrogen) atoms. The number of nitrogens with two attached hydrogens (primary N) is 1. The molecule has 0 aliphatic heterocycles. The summed E-state index contributed by atoms with van der Waals surface area (Å²) >= 11 is 17.8. The normalized spacial score (nSPS) is 38.3. The Hall–Kier alpha value is -0.360. The minimum absolute atomic E-state index is 0.00347. The number of rotatable bonds is 6. The lowest BCUT2D eigenvalue weighted by Crippen LogP contribution is -2.34. The SMILES string of the molecule is CC(=O)C1CCC(C)CC1.CC(=O)C1CCCC(C)C1.CC1(C)CC1.CC1CC(C)CC(C)C1.CC1CC(N)C1.CC1CCC(Cl)CC1.CC1CCC(O)CC1.CC1CCCC(Cl)C1.CC1CCCC(O)C1.CC1CCCCC1CC=O.CC1CCCCC1Cl.CC1CCCCC1O.COC1CC(C)CC(OC)C1. The quantitative estimate of drug-likeness (QED) is 0.150. The number of ketones is 2. The van der Waals surface area contributed by atoms with Crippen LogP contribution in [-0.2, 0) is 23.9 Å². The predicted octanol–water partition coefficient (Wildman–Crippen LogP) is 27.8. The van der Waals surface area contributed by atoms with E-state index in [4.69, 9.17) is 60.2 Å². The average Bonchev–Trinajstić information content (AvgIpc) is 1.77. The molecule has 5 N–H and O–H groups in total. The molecule has 13 rings (SSSR count). The van der Waals surface area contributed by atoms with Crippen LogP contribution in [0.1, 0.15) is 426 Å². The average molecular weight is 1600 g/mol. The fourth-order valence-electron chi connectivity index (χ4n) is 18.6. The van der Waals surface area contributed by atoms with Crippen LogP contribution in [0.2, 0.25) is 0 Å². The lowest BCUT2D eigenvalue weighted by atomic mass is 9.78. The molecule has 9 nitrogen and oxygen atoms in total. The van der Waals surface area contributed by atoms with Gasteiger partial charge in [-0.2, -0.15) is 0 Å². The van der Waals surface area contributed by atoms with Gasteiger partial charge in [0.2, 0.25) is 0 Å². The highest BCUT2D eigenvalue weighted by Crippen LogP contribution is 2.44. The Balaban J connectivity index is 0.000000592. The van der Waals surface area contributed by atoms with Crippen molar-refractivity contribution >= 4 is 52.7 Å². The number of methoxy groups -OCH3 is 2. The first-order valence-electron chi connectivity index (χ1n) is 46.7. The lowest BCUT2D eigenvalue weighted by Gasteiger charge is -2.31. The van der Waals surface area contributed by atoms with Crippen molar-refractivity contribution in [2.75, 3.05) is 14.2 Å². The van der Waals surface area contributed by atoms with E-state index in [1.165, 1.54) is 231 Å². The first-order chi connectivity index (χ1) is 51.4. The monoisotopic (exact) mass is 1600 g/mol. The van der Waals surface area contributed by atoms with E-state index in [9.17, 15) is 19.5 Å². The smallest absolute Gasteiger partial charge is 0.132 e. The maximum atomic E-state index is 10.9. The first-order valence-corrected chi connectivity index (χ1v) is 48.0. The number of carbonyl (C=O) groups excluding carboxylic acids is 3. The standard InChI is InChI=1S/C9H18O2.3C9H16O.C9H18.3C7H13Cl.3C7H14O.C5H11N.C5H10/c1-7-4-8(10-2)6-9(5-7)11-3;1-7-3-5-9(6-4-7)8(2)10;1-7-4-3-5-9(6-7)8(2)10;1-8-4-2-3-5-9(8)6-7-10;1-7-4-8(2)6-9(3)5-7;1-6-2-4-7(8)5-3-6;1-6-3-2-4-7(8)5-6;1-6-4-2-3-5-7(6)8;1-6-2-4-7(8)5-3-6;1-6-3-2-4-7(8)5-6;1-6-4-2-3-5-7(6)8;1-4-2-5(6)3-4;1-5(2)3-4-5/h7-9H,4-6H2,1-3H3;2*7,9H,3-6H2,1-2H3;7-9H,2-6H2,1H3;7-9H,4-6H2,1-3H3;3*6-7H,2-5H2,1H3;3*6-8H,2-5H2,1H3;4-5H,2-3,6H2,1H3;3-4H2,1-2H3. The van der Waals surface area contributed by atoms with Crippen LogP contribution in [0.4, 0.5) is 0 Å². The zero-order valence-electron chi connectivity index (χ0n) is 75.4. The molecular formula is C97H186Cl3NO8. The molecule has 0 heterocycles. The van der Waals surface area contributed by atoms with Gasteiger partial charge in [-0.05, 0) is 307 Å². The molecule has 0 spiro atoms. The molecule has 13 aliphatic carbocycles. The fraction of sp³-hybridized carbons (Fsp3) is 0.969. The molecule has 13 fully saturated rings. The van der Waals surface area contributed by atoms with Crippen LogP contribution in [0.5, 0.6) is 0 Å². The number of halogens is 3. The van der Waals surface area contributed by atoms with Gasteiger partial charge in [-0.1, -0.05) is 207 Å². The molecule has 0 radical (unpaired) electrons. The van der Waals surface area contributed by atoms with E-state index < -0.39 is 0 Å². The summed E-state index contributed by atoms with van der Waals surface area (Å²) in [6.45, 7) is 39.9. The van der Waals surface area contributed by atoms with Crippen molar-refractivity contribution in [1.82, 2.24) is 0 Å². The number of aldehydes is 1. The maximum Gasteiger partial charge on any atom is 0.132 e. The number of ether oxygens (including phenoxy) is 2. The second kappa shape index (κ2) is 62.8. The summed E-state index contributed by atoms with van der Waals surface area (Å²) in [7, 11) is 3.57. The van der Waals surface area contributed by atoms with E-state index in [1.807, 2.05) is 0 Å². The molecule has 0 amide bonds. The Morgan fingerprint density at radius 3 is 1.06 bits per heavy atom. The van der Waals surface area contributed by atoms with Gasteiger partial charge in [0.25, 0.3) is 0 Å². The maximum absolute atomic E-state index is 10.9. The number of alkyl halides is 3. The number of hydrogen-bond donors (Lipinski definition) is 4. The molecule has 12 heteroatoms. The van der Waals surface area contributed by atoms with Gasteiger partial charge in [-0.3, -0.25) is 9.59 Å². The molecule has 14 unspecified atom stereocenters. The molecule has 0 saturated heterocycles. The van der Waals surface area contributed by atoms with Crippen molar-refractivity contribution in [3.63, 3.8) is 0 Å². The molecule has 0 bridgehead atoms. The summed E-state index contributed by atoms with van der Waals surface area (Å²) < 4.78 is 10.6. The largest absolute Gasteiger partial charge is 0.393 e. The van der Waals surface area contributed by atoms with Crippen LogP contribution in [0.25, 0.3) is 0 Å². The molecule has 13 aliphatic rings. The Bertz CT molecular complexity index is 1990. The minimum atomic E-state index is 0.00347. The molecule has 0 aromatic heterocycles. The van der Waals surface area contributed by atoms with Crippen LogP contribution in [-0.4, -0.2) is 100 Å². The molecule has 13 saturated carbocycles. The fourth-order valence-corrected chi connectivity index (χ4v) is 19.5. The van der Waals surface area contributed by atoms with E-state index in [0.717, 1.165) is 159 Å². The van der Waals surface area contributed by atoms with E-state index in [-0.39, 0.29) is 18.3 Å². The van der Waals surface area contributed by atoms with Crippen LogP contribution < -0.4 is 5.73 Å². The van der Waals surface area contributed by atoms with Gasteiger partial charge in [0.1, 0.15) is 17.9 Å². The van der Waals surface area contributed by atoms with Crippen LogP contribution in [0, 0.1) is 106 Å². The third-order valence-electron chi connectivity index (χ3n) is 27.2. The number of aliphatic hydroxyl groups excluding tert-OH is 3. The molecular weight excluding hydrogens is 1410 g/mol. The number of carbonyl (C=O) groups is 3. The number of hydrogen-bond acceptors (Lipinski definition) is 9. The second-order valence-corrected chi connectivity index (χ2v) is 42.1. The Morgan fingerprint density at radius 1 is 0.367 bits per heavy atom. The highest BCUT2D eigenvalue weighted by Gasteiger charge is 2.31. The summed E-state index contributed by atoms with van der Waals surface area (Å²) in [5.41, 5.74) is 6.22. The lowest BCUT2D eigenvalue weighted by molar-refractivity contribution is -0.122. The first kappa shape index (κ1) is 107. The van der Waals surface area contributed by atoms with E-state index in [1.54, 1.807) is 28.1 Å². The summed E-state index contributed by atoms with van der Waals surface area (Å²) in [6.07, 6.45) is 60.5. The Labute approximate surface area is 692 Å². The van der Waals surface area contributed by atoms with Crippen LogP contribution in [0.15, 0.2) is 0 Å². The van der Waals surface area contributed by atoms with Crippen LogP contribution >= 0.6 is 34.8 Å². The molecule has 648 valence electrons. The van der Waals surface area contributed by atoms with E-state index in [2.05, 4.69) is 111 Å². The Morgan fingerprint density at radius 2 is 0.761 bits per heavy atom. The summed E-state index contributed by atoms with van der Waals surface area (Å²) in [4.78, 5) is 32.1. The minimum Gasteiger partial charge on any atom is -0.393 e. The van der Waals surface area contributed by atoms with Crippen molar-refractivity contribution in [2.45, 2.75) is 479 Å². The predicted molar refractivity (Wildman–Crippen MR) is 473 cm³/mol. The van der Waals surface area contributed by atoms with Gasteiger partial charge in [0, 0.05) is 54.6 Å². The van der Waals surface area contributed by atoms with Crippen molar-refractivity contribution in [3.8, 4) is 0 Å². The molecule has 14 atom stereocenters. The van der Waals surface area contributed by atoms with Crippen molar-refractivity contribution in [2.24, 2.45) is 112 Å². The third-order valence-corrected chi connectivity index (χ3v) is 28.7. The van der Waals surface area contributed by atoms with Gasteiger partial charge in [0.15, 0.2) is 0 Å². The summed E-state index contributed by atoms with van der Waals surface area (Å²) in [5.74, 6) is 14.1. The zero-order chi connectivity index (χ0) is 82.0. The number of aliphatic hydroxyl groups is 3. The van der Waals surface area contributed by atoms with Crippen LogP contribution in [0.3, 0.4) is 0 Å². The van der Waals surface area contributed by atoms with Gasteiger partial charge in [0.05, 0.1) is 30.5 Å². The van der Waals surface area contributed by atoms with Gasteiger partial charge in [-0.15, -0.1) is 34.8 Å². The summed E-state index contributed by atoms with van der Waals surface area (Å²) in [6, 6.07) is 0.542. The van der Waals surface area contributed by atoms with Gasteiger partial charge in [-0.25, -0.2) is 0 Å². The third kappa shape index (κ3) is 57.4. The topological polar surface area (TPSA) is 156 Å². The zero-order valence-corrected chi connectivity index (χ0v) is 77.7. The summed E-state index contributed by atoms with van der Waals surface area (Å²) in [5, 5.41) is 28.7. The van der Waals surface area contributed by atoms with Gasteiger partial charge >= 0.3 is 0 Å². The molecule has 0 aromatic rings. The molecule has 0 aromatic carbocycles. The van der Waals surface area contributed by atoms with Gasteiger partial charge < -0.3 is 35.3 Å². The second-order valence-electron chi connectivity index (χ2n) is 40.3. The van der Waals surface area contributed by atoms with Crippen molar-refractivity contribution in [1.29, 1.82) is 0 Å². The van der Waals surface area contributed by atoms with E-state index in [0.29, 0.717) is 69.6 Å². The highest BCUT2D eigenvalue weighted by atomic mass is 35.5. The van der Waals surface area contributed by atoms with Crippen molar-refractivity contribution < 1.29 is 39.2 Å². The highest BCUT2D eigenvalue weighted by molar-refractivity contribution is 6.21. The number of Topliss-reactive ketones (excluding diaryl/α,β-unsaturated/α-hetero) is 2.